The highest BCUT2D eigenvalue weighted by atomic mass is 32.2. The molecule has 0 atom stereocenters. The number of hydrogen-bond acceptors (Lipinski definition) is 5. The Hall–Kier alpha value is -1.67. The fourth-order valence-corrected chi connectivity index (χ4v) is 4.08. The summed E-state index contributed by atoms with van der Waals surface area (Å²) in [7, 11) is -3.23. The SMILES string of the molecule is CS/C(=C(\[NH2+]O)c1ccc(C2CC2)nc1)c1ccc(S(C)(=O)=O)cc1. The van der Waals surface area contributed by atoms with Crippen molar-refractivity contribution in [1.29, 1.82) is 0 Å². The van der Waals surface area contributed by atoms with Crippen molar-refractivity contribution in [2.75, 3.05) is 12.5 Å². The molecule has 7 heteroatoms. The van der Waals surface area contributed by atoms with Crippen molar-refractivity contribution in [3.05, 3.63) is 59.4 Å². The van der Waals surface area contributed by atoms with Crippen molar-refractivity contribution >= 4 is 32.2 Å². The highest BCUT2D eigenvalue weighted by Gasteiger charge is 2.25. The molecule has 1 aromatic heterocycles. The molecule has 25 heavy (non-hydrogen) atoms. The lowest BCUT2D eigenvalue weighted by atomic mass is 10.1. The maximum Gasteiger partial charge on any atom is 0.184 e. The molecule has 1 aromatic carbocycles. The highest BCUT2D eigenvalue weighted by Crippen LogP contribution is 2.39. The van der Waals surface area contributed by atoms with Gasteiger partial charge in [0.2, 0.25) is 0 Å². The molecule has 1 aliphatic rings. The maximum atomic E-state index is 11.6. The molecule has 3 N–H and O–H groups in total. The first-order valence-electron chi connectivity index (χ1n) is 7.96. The number of pyridine rings is 1. The first-order valence-corrected chi connectivity index (χ1v) is 11.1. The summed E-state index contributed by atoms with van der Waals surface area (Å²) in [6, 6.07) is 10.7. The molecule has 1 fully saturated rings. The van der Waals surface area contributed by atoms with Crippen LogP contribution in [-0.2, 0) is 9.84 Å². The van der Waals surface area contributed by atoms with Gasteiger partial charge in [-0.25, -0.2) is 13.6 Å². The summed E-state index contributed by atoms with van der Waals surface area (Å²) in [6.45, 7) is 0. The van der Waals surface area contributed by atoms with Gasteiger partial charge in [0.15, 0.2) is 15.5 Å². The number of thioether (sulfide) groups is 1. The minimum Gasteiger partial charge on any atom is -0.260 e. The minimum atomic E-state index is -3.23. The van der Waals surface area contributed by atoms with Crippen LogP contribution in [0.15, 0.2) is 47.5 Å². The van der Waals surface area contributed by atoms with Crippen LogP contribution in [0, 0.1) is 0 Å². The Balaban J connectivity index is 1.99. The predicted molar refractivity (Wildman–Crippen MR) is 99.8 cm³/mol. The lowest BCUT2D eigenvalue weighted by Crippen LogP contribution is -2.77. The Kier molecular flexibility index (Phi) is 5.29. The van der Waals surface area contributed by atoms with E-state index in [1.807, 2.05) is 18.4 Å². The van der Waals surface area contributed by atoms with Crippen molar-refractivity contribution in [1.82, 2.24) is 4.98 Å². The molecule has 5 nitrogen and oxygen atoms in total. The third-order valence-corrected chi connectivity index (χ3v) is 6.21. The number of nitrogens with two attached hydrogens (primary N) is 1. The average Bonchev–Trinajstić information content (AvgIpc) is 3.44. The van der Waals surface area contributed by atoms with E-state index in [-0.39, 0.29) is 4.90 Å². The standard InChI is InChI=1S/C18H20N2O3S2/c1-24-18(13-5-8-15(9-6-13)25(2,22)23)17(20-21)14-7-10-16(19-11-14)12-3-4-12/h5-12,20-21H,3-4H2,1-2H3/p+1/b18-17-. The quantitative estimate of drug-likeness (QED) is 0.756. The van der Waals surface area contributed by atoms with E-state index in [1.165, 1.54) is 30.9 Å². The van der Waals surface area contributed by atoms with Gasteiger partial charge >= 0.3 is 0 Å². The molecule has 0 unspecified atom stereocenters. The topological polar surface area (TPSA) is 83.9 Å². The maximum absolute atomic E-state index is 11.6. The second kappa shape index (κ2) is 7.29. The van der Waals surface area contributed by atoms with Gasteiger partial charge in [-0.15, -0.1) is 11.8 Å². The first-order chi connectivity index (χ1) is 11.9. The lowest BCUT2D eigenvalue weighted by Gasteiger charge is -2.10. The van der Waals surface area contributed by atoms with E-state index in [2.05, 4.69) is 4.98 Å². The van der Waals surface area contributed by atoms with Crippen LogP contribution in [0.1, 0.15) is 35.6 Å². The summed E-state index contributed by atoms with van der Waals surface area (Å²) in [5.74, 6) is 0.586. The molecule has 0 bridgehead atoms. The van der Waals surface area contributed by atoms with Gasteiger partial charge in [-0.1, -0.05) is 12.1 Å². The smallest absolute Gasteiger partial charge is 0.184 e. The first kappa shape index (κ1) is 18.1. The third kappa shape index (κ3) is 4.12. The molecule has 1 saturated carbocycles. The Bertz CT molecular complexity index is 885. The zero-order valence-corrected chi connectivity index (χ0v) is 15.8. The van der Waals surface area contributed by atoms with Crippen LogP contribution in [-0.4, -0.2) is 31.1 Å². The number of quaternary nitrogens is 1. The molecule has 0 radical (unpaired) electrons. The second-order valence-electron chi connectivity index (χ2n) is 6.12. The van der Waals surface area contributed by atoms with E-state index in [9.17, 15) is 13.6 Å². The van der Waals surface area contributed by atoms with E-state index >= 15 is 0 Å². The average molecular weight is 378 g/mol. The molecule has 2 aromatic rings. The minimum absolute atomic E-state index is 0.279. The number of hydroxylamine groups is 1. The summed E-state index contributed by atoms with van der Waals surface area (Å²) in [5.41, 5.74) is 4.55. The third-order valence-electron chi connectivity index (χ3n) is 4.22. The van der Waals surface area contributed by atoms with Crippen molar-refractivity contribution < 1.29 is 19.1 Å². The van der Waals surface area contributed by atoms with Gasteiger partial charge in [0.25, 0.3) is 0 Å². The fraction of sp³-hybridized carbons (Fsp3) is 0.278. The molecule has 1 aliphatic carbocycles. The normalized spacial score (nSPS) is 15.8. The van der Waals surface area contributed by atoms with Gasteiger partial charge < -0.3 is 0 Å². The van der Waals surface area contributed by atoms with E-state index in [1.54, 1.807) is 30.5 Å². The Morgan fingerprint density at radius 1 is 1.16 bits per heavy atom. The summed E-state index contributed by atoms with van der Waals surface area (Å²) in [6.07, 6.45) is 7.30. The molecular formula is C18H21N2O3S2+. The Morgan fingerprint density at radius 3 is 2.24 bits per heavy atom. The number of benzene rings is 1. The van der Waals surface area contributed by atoms with Crippen molar-refractivity contribution in [2.45, 2.75) is 23.7 Å². The van der Waals surface area contributed by atoms with Crippen LogP contribution < -0.4 is 5.48 Å². The molecule has 0 amide bonds. The van der Waals surface area contributed by atoms with Gasteiger partial charge in [0.05, 0.1) is 15.4 Å². The zero-order valence-electron chi connectivity index (χ0n) is 14.1. The van der Waals surface area contributed by atoms with Gasteiger partial charge in [0, 0.05) is 24.1 Å². The van der Waals surface area contributed by atoms with Gasteiger partial charge in [0.1, 0.15) is 0 Å². The number of sulfone groups is 1. The van der Waals surface area contributed by atoms with Gasteiger partial charge in [-0.3, -0.25) is 4.98 Å². The Morgan fingerprint density at radius 2 is 1.80 bits per heavy atom. The van der Waals surface area contributed by atoms with Crippen LogP contribution in [0.25, 0.3) is 10.6 Å². The molecule has 0 aliphatic heterocycles. The fourth-order valence-electron chi connectivity index (χ4n) is 2.69. The summed E-state index contributed by atoms with van der Waals surface area (Å²) < 4.78 is 23.2. The van der Waals surface area contributed by atoms with Crippen LogP contribution in [0.4, 0.5) is 0 Å². The zero-order chi connectivity index (χ0) is 18.0. The monoisotopic (exact) mass is 377 g/mol. The van der Waals surface area contributed by atoms with Crippen molar-refractivity contribution in [2.24, 2.45) is 0 Å². The van der Waals surface area contributed by atoms with Gasteiger partial charge in [-0.05, 0) is 48.9 Å². The summed E-state index contributed by atoms with van der Waals surface area (Å²) >= 11 is 1.50. The molecule has 0 saturated heterocycles. The van der Waals surface area contributed by atoms with E-state index < -0.39 is 9.84 Å². The van der Waals surface area contributed by atoms with Crippen molar-refractivity contribution in [3.8, 4) is 0 Å². The van der Waals surface area contributed by atoms with Crippen LogP contribution in [0.2, 0.25) is 0 Å². The van der Waals surface area contributed by atoms with Crippen LogP contribution in [0.5, 0.6) is 0 Å². The second-order valence-corrected chi connectivity index (χ2v) is 8.95. The summed E-state index contributed by atoms with van der Waals surface area (Å²) in [5, 5.41) is 9.80. The van der Waals surface area contributed by atoms with Crippen LogP contribution in [0.3, 0.4) is 0 Å². The summed E-state index contributed by atoms with van der Waals surface area (Å²) in [4.78, 5) is 5.66. The largest absolute Gasteiger partial charge is 0.260 e. The molecular weight excluding hydrogens is 356 g/mol. The molecule has 132 valence electrons. The number of nitrogens with zero attached hydrogens (tertiary/aromatic N) is 1. The molecule has 3 rings (SSSR count). The van der Waals surface area contributed by atoms with Gasteiger partial charge in [-0.2, -0.15) is 5.48 Å². The number of hydrogen-bond donors (Lipinski definition) is 2. The predicted octanol–water partition coefficient (Wildman–Crippen LogP) is 2.50. The molecule has 0 spiro atoms. The molecule has 1 heterocycles. The highest BCUT2D eigenvalue weighted by molar-refractivity contribution is 8.07. The lowest BCUT2D eigenvalue weighted by molar-refractivity contribution is -0.818. The number of rotatable bonds is 6. The van der Waals surface area contributed by atoms with E-state index in [0.717, 1.165) is 27.2 Å². The van der Waals surface area contributed by atoms with E-state index in [0.29, 0.717) is 11.6 Å². The van der Waals surface area contributed by atoms with Crippen molar-refractivity contribution in [3.63, 3.8) is 0 Å². The Labute approximate surface area is 152 Å². The van der Waals surface area contributed by atoms with E-state index in [4.69, 9.17) is 0 Å². The number of aromatic nitrogens is 1. The van der Waals surface area contributed by atoms with Crippen LogP contribution >= 0.6 is 11.8 Å².